The second-order valence-electron chi connectivity index (χ2n) is 4.04. The van der Waals surface area contributed by atoms with Crippen LogP contribution in [0.5, 0.6) is 5.75 Å². The Morgan fingerprint density at radius 3 is 2.56 bits per heavy atom. The molecule has 18 heavy (non-hydrogen) atoms. The number of para-hydroxylation sites is 1. The molecule has 0 bridgehead atoms. The molecule has 0 aliphatic carbocycles. The first-order valence-electron chi connectivity index (χ1n) is 5.82. The predicted molar refractivity (Wildman–Crippen MR) is 70.0 cm³/mol. The SMILES string of the molecule is COc1ccccc1C(=O)C(C)c1ccccn1. The van der Waals surface area contributed by atoms with Gasteiger partial charge in [-0.2, -0.15) is 0 Å². The highest BCUT2D eigenvalue weighted by Gasteiger charge is 2.20. The third-order valence-corrected chi connectivity index (χ3v) is 2.90. The maximum Gasteiger partial charge on any atom is 0.175 e. The van der Waals surface area contributed by atoms with Crippen molar-refractivity contribution in [2.24, 2.45) is 0 Å². The number of rotatable bonds is 4. The van der Waals surface area contributed by atoms with Crippen LogP contribution in [0.25, 0.3) is 0 Å². The summed E-state index contributed by atoms with van der Waals surface area (Å²) in [7, 11) is 1.57. The summed E-state index contributed by atoms with van der Waals surface area (Å²) < 4.78 is 5.21. The monoisotopic (exact) mass is 241 g/mol. The average Bonchev–Trinajstić information content (AvgIpc) is 2.46. The first kappa shape index (κ1) is 12.3. The maximum absolute atomic E-state index is 12.4. The van der Waals surface area contributed by atoms with Crippen LogP contribution >= 0.6 is 0 Å². The summed E-state index contributed by atoms with van der Waals surface area (Å²) in [6.07, 6.45) is 1.70. The van der Waals surface area contributed by atoms with Gasteiger partial charge in [0.05, 0.1) is 24.3 Å². The lowest BCUT2D eigenvalue weighted by atomic mass is 9.95. The van der Waals surface area contributed by atoms with Gasteiger partial charge < -0.3 is 4.74 Å². The van der Waals surface area contributed by atoms with Crippen molar-refractivity contribution in [1.29, 1.82) is 0 Å². The number of methoxy groups -OCH3 is 1. The van der Waals surface area contributed by atoms with E-state index in [1.165, 1.54) is 0 Å². The van der Waals surface area contributed by atoms with Gasteiger partial charge in [0.1, 0.15) is 5.75 Å². The van der Waals surface area contributed by atoms with Crippen LogP contribution in [-0.2, 0) is 0 Å². The van der Waals surface area contributed by atoms with E-state index in [2.05, 4.69) is 4.98 Å². The fourth-order valence-corrected chi connectivity index (χ4v) is 1.85. The van der Waals surface area contributed by atoms with E-state index >= 15 is 0 Å². The van der Waals surface area contributed by atoms with E-state index in [1.807, 2.05) is 37.3 Å². The first-order valence-corrected chi connectivity index (χ1v) is 5.82. The van der Waals surface area contributed by atoms with Crippen molar-refractivity contribution < 1.29 is 9.53 Å². The van der Waals surface area contributed by atoms with E-state index in [0.29, 0.717) is 11.3 Å². The molecule has 92 valence electrons. The Hall–Kier alpha value is -2.16. The molecular formula is C15H15NO2. The minimum Gasteiger partial charge on any atom is -0.496 e. The second-order valence-corrected chi connectivity index (χ2v) is 4.04. The normalized spacial score (nSPS) is 11.9. The highest BCUT2D eigenvalue weighted by Crippen LogP contribution is 2.25. The molecule has 1 heterocycles. The van der Waals surface area contributed by atoms with Crippen LogP contribution < -0.4 is 4.74 Å². The summed E-state index contributed by atoms with van der Waals surface area (Å²) in [6, 6.07) is 12.8. The van der Waals surface area contributed by atoms with E-state index in [1.54, 1.807) is 25.4 Å². The van der Waals surface area contributed by atoms with Crippen molar-refractivity contribution in [1.82, 2.24) is 4.98 Å². The van der Waals surface area contributed by atoms with Crippen molar-refractivity contribution in [2.45, 2.75) is 12.8 Å². The smallest absolute Gasteiger partial charge is 0.175 e. The van der Waals surface area contributed by atoms with E-state index in [-0.39, 0.29) is 11.7 Å². The third kappa shape index (κ3) is 2.40. The molecule has 1 aromatic carbocycles. The molecule has 0 aliphatic heterocycles. The topological polar surface area (TPSA) is 39.2 Å². The number of carbonyl (C=O) groups excluding carboxylic acids is 1. The van der Waals surface area contributed by atoms with E-state index in [4.69, 9.17) is 4.74 Å². The molecule has 0 aliphatic rings. The quantitative estimate of drug-likeness (QED) is 0.772. The van der Waals surface area contributed by atoms with Gasteiger partial charge in [-0.25, -0.2) is 0 Å². The molecular weight excluding hydrogens is 226 g/mol. The summed E-state index contributed by atoms with van der Waals surface area (Å²) in [5.41, 5.74) is 1.37. The van der Waals surface area contributed by atoms with Gasteiger partial charge in [-0.05, 0) is 31.2 Å². The minimum atomic E-state index is -0.275. The zero-order valence-electron chi connectivity index (χ0n) is 10.5. The standard InChI is InChI=1S/C15H15NO2/c1-11(13-8-5-6-10-16-13)15(17)12-7-3-4-9-14(12)18-2/h3-11H,1-2H3. The van der Waals surface area contributed by atoms with Crippen LogP contribution in [0.2, 0.25) is 0 Å². The number of benzene rings is 1. The molecule has 2 rings (SSSR count). The summed E-state index contributed by atoms with van der Waals surface area (Å²) >= 11 is 0. The Morgan fingerprint density at radius 1 is 1.17 bits per heavy atom. The summed E-state index contributed by atoms with van der Waals surface area (Å²) in [5.74, 6) is 0.346. The number of Topliss-reactive ketones (excluding diaryl/α,β-unsaturated/α-hetero) is 1. The highest BCUT2D eigenvalue weighted by molar-refractivity contribution is 6.02. The number of pyridine rings is 1. The lowest BCUT2D eigenvalue weighted by molar-refractivity contribution is 0.0961. The van der Waals surface area contributed by atoms with Gasteiger partial charge in [-0.3, -0.25) is 9.78 Å². The molecule has 0 saturated heterocycles. The molecule has 1 unspecified atom stereocenters. The molecule has 0 amide bonds. The lowest BCUT2D eigenvalue weighted by Crippen LogP contribution is -2.12. The fourth-order valence-electron chi connectivity index (χ4n) is 1.85. The van der Waals surface area contributed by atoms with Gasteiger partial charge in [0.25, 0.3) is 0 Å². The molecule has 1 atom stereocenters. The Morgan fingerprint density at radius 2 is 1.89 bits per heavy atom. The molecule has 1 aromatic heterocycles. The number of aromatic nitrogens is 1. The van der Waals surface area contributed by atoms with Gasteiger partial charge in [0.2, 0.25) is 0 Å². The molecule has 0 spiro atoms. The Kier molecular flexibility index (Phi) is 3.72. The maximum atomic E-state index is 12.4. The van der Waals surface area contributed by atoms with Gasteiger partial charge in [0.15, 0.2) is 5.78 Å². The van der Waals surface area contributed by atoms with Crippen molar-refractivity contribution in [3.8, 4) is 5.75 Å². The molecule has 0 N–H and O–H groups in total. The summed E-state index contributed by atoms with van der Waals surface area (Å²) in [6.45, 7) is 1.86. The zero-order chi connectivity index (χ0) is 13.0. The fraction of sp³-hybridized carbons (Fsp3) is 0.200. The van der Waals surface area contributed by atoms with Crippen LogP contribution in [0.3, 0.4) is 0 Å². The van der Waals surface area contributed by atoms with Crippen molar-refractivity contribution in [2.75, 3.05) is 7.11 Å². The second kappa shape index (κ2) is 5.45. The Balaban J connectivity index is 2.32. The molecule has 0 fully saturated rings. The third-order valence-electron chi connectivity index (χ3n) is 2.90. The largest absolute Gasteiger partial charge is 0.496 e. The van der Waals surface area contributed by atoms with Crippen LogP contribution in [0, 0.1) is 0 Å². The average molecular weight is 241 g/mol. The highest BCUT2D eigenvalue weighted by atomic mass is 16.5. The van der Waals surface area contributed by atoms with Crippen LogP contribution in [0.1, 0.15) is 28.9 Å². The molecule has 3 nitrogen and oxygen atoms in total. The van der Waals surface area contributed by atoms with Crippen LogP contribution in [-0.4, -0.2) is 17.9 Å². The van der Waals surface area contributed by atoms with Gasteiger partial charge in [-0.15, -0.1) is 0 Å². The van der Waals surface area contributed by atoms with E-state index in [9.17, 15) is 4.79 Å². The number of hydrogen-bond donors (Lipinski definition) is 0. The summed E-state index contributed by atoms with van der Waals surface area (Å²) in [4.78, 5) is 16.6. The van der Waals surface area contributed by atoms with Crippen molar-refractivity contribution in [3.63, 3.8) is 0 Å². The van der Waals surface area contributed by atoms with E-state index < -0.39 is 0 Å². The van der Waals surface area contributed by atoms with Gasteiger partial charge in [0, 0.05) is 6.20 Å². The lowest BCUT2D eigenvalue weighted by Gasteiger charge is -2.12. The molecule has 3 heteroatoms. The first-order chi connectivity index (χ1) is 8.74. The van der Waals surface area contributed by atoms with Gasteiger partial charge in [-0.1, -0.05) is 18.2 Å². The Labute approximate surface area is 106 Å². The minimum absolute atomic E-state index is 0.0196. The number of ketones is 1. The predicted octanol–water partition coefficient (Wildman–Crippen LogP) is 3.08. The number of hydrogen-bond acceptors (Lipinski definition) is 3. The zero-order valence-corrected chi connectivity index (χ0v) is 10.5. The van der Waals surface area contributed by atoms with E-state index in [0.717, 1.165) is 5.69 Å². The van der Waals surface area contributed by atoms with Crippen molar-refractivity contribution in [3.05, 3.63) is 59.9 Å². The van der Waals surface area contributed by atoms with Gasteiger partial charge >= 0.3 is 0 Å². The number of nitrogens with zero attached hydrogens (tertiary/aromatic N) is 1. The molecule has 0 saturated carbocycles. The van der Waals surface area contributed by atoms with Crippen molar-refractivity contribution >= 4 is 5.78 Å². The molecule has 2 aromatic rings. The number of carbonyl (C=O) groups is 1. The summed E-state index contributed by atoms with van der Waals surface area (Å²) in [5, 5.41) is 0. The van der Waals surface area contributed by atoms with Crippen LogP contribution in [0.4, 0.5) is 0 Å². The number of ether oxygens (including phenoxy) is 1. The Bertz CT molecular complexity index is 537. The molecule has 0 radical (unpaired) electrons. The van der Waals surface area contributed by atoms with Crippen LogP contribution in [0.15, 0.2) is 48.7 Å².